The van der Waals surface area contributed by atoms with E-state index < -0.39 is 0 Å². The van der Waals surface area contributed by atoms with E-state index in [4.69, 9.17) is 0 Å². The number of likely N-dealkylation sites (tertiary alicyclic amines) is 1. The fraction of sp³-hybridized carbons (Fsp3) is 0.417. The maximum absolute atomic E-state index is 11.1. The van der Waals surface area contributed by atoms with E-state index in [1.165, 1.54) is 6.07 Å². The summed E-state index contributed by atoms with van der Waals surface area (Å²) in [5.41, 5.74) is 0.818. The Hall–Kier alpha value is -1.27. The lowest BCUT2D eigenvalue weighted by Gasteiger charge is -2.25. The number of Topliss-reactive ketones (excluding diaryl/α,β-unsaturated/α-hetero) is 1. The van der Waals surface area contributed by atoms with Crippen molar-refractivity contribution in [2.75, 3.05) is 13.1 Å². The lowest BCUT2D eigenvalue weighted by atomic mass is 10.1. The molecule has 18 heavy (non-hydrogen) atoms. The lowest BCUT2D eigenvalue weighted by molar-refractivity contribution is -0.385. The van der Waals surface area contributed by atoms with E-state index in [1.54, 1.807) is 12.1 Å². The number of benzene rings is 1. The standard InChI is InChI=1S/C12H13BrN2O3/c13-10-2-1-9(12(7-10)15(17)18)8-14-5-3-11(16)4-6-14/h1-2,7H,3-6,8H2. The van der Waals surface area contributed by atoms with Gasteiger partial charge < -0.3 is 0 Å². The second-order valence-corrected chi connectivity index (χ2v) is 5.26. The molecule has 0 aliphatic carbocycles. The Labute approximate surface area is 113 Å². The van der Waals surface area contributed by atoms with Crippen molar-refractivity contribution < 1.29 is 9.72 Å². The molecule has 2 rings (SSSR count). The first-order valence-corrected chi connectivity index (χ1v) is 6.52. The zero-order valence-corrected chi connectivity index (χ0v) is 11.4. The number of nitro benzene ring substituents is 1. The van der Waals surface area contributed by atoms with Gasteiger partial charge in [0.05, 0.1) is 4.92 Å². The van der Waals surface area contributed by atoms with Crippen molar-refractivity contribution in [2.45, 2.75) is 19.4 Å². The first-order chi connectivity index (χ1) is 8.56. The fourth-order valence-corrected chi connectivity index (χ4v) is 2.39. The number of carbonyl (C=O) groups excluding carboxylic acids is 1. The second-order valence-electron chi connectivity index (χ2n) is 4.34. The number of rotatable bonds is 3. The van der Waals surface area contributed by atoms with Crippen molar-refractivity contribution in [2.24, 2.45) is 0 Å². The van der Waals surface area contributed by atoms with Gasteiger partial charge in [-0.3, -0.25) is 19.8 Å². The normalized spacial score (nSPS) is 16.8. The van der Waals surface area contributed by atoms with Gasteiger partial charge in [-0.25, -0.2) is 0 Å². The van der Waals surface area contributed by atoms with Gasteiger partial charge in [-0.1, -0.05) is 15.9 Å². The summed E-state index contributed by atoms with van der Waals surface area (Å²) in [5, 5.41) is 11.0. The van der Waals surface area contributed by atoms with E-state index in [2.05, 4.69) is 20.8 Å². The van der Waals surface area contributed by atoms with Crippen LogP contribution < -0.4 is 0 Å². The van der Waals surface area contributed by atoms with E-state index >= 15 is 0 Å². The molecule has 1 heterocycles. The molecule has 0 aromatic heterocycles. The molecule has 0 N–H and O–H groups in total. The van der Waals surface area contributed by atoms with Crippen LogP contribution in [0.15, 0.2) is 22.7 Å². The average molecular weight is 313 g/mol. The van der Waals surface area contributed by atoms with Gasteiger partial charge in [0.25, 0.3) is 5.69 Å². The highest BCUT2D eigenvalue weighted by Gasteiger charge is 2.20. The largest absolute Gasteiger partial charge is 0.300 e. The van der Waals surface area contributed by atoms with Crippen molar-refractivity contribution in [3.63, 3.8) is 0 Å². The molecule has 1 aromatic rings. The van der Waals surface area contributed by atoms with Gasteiger partial charge in [0, 0.05) is 48.6 Å². The summed E-state index contributed by atoms with van der Waals surface area (Å²) < 4.78 is 0.701. The third-order valence-corrected chi connectivity index (χ3v) is 3.54. The average Bonchev–Trinajstić information content (AvgIpc) is 2.34. The van der Waals surface area contributed by atoms with Gasteiger partial charge in [0.1, 0.15) is 5.78 Å². The number of nitro groups is 1. The van der Waals surface area contributed by atoms with Crippen LogP contribution in [-0.4, -0.2) is 28.7 Å². The van der Waals surface area contributed by atoms with E-state index in [9.17, 15) is 14.9 Å². The molecule has 1 aliphatic rings. The highest BCUT2D eigenvalue weighted by Crippen LogP contribution is 2.25. The lowest BCUT2D eigenvalue weighted by Crippen LogP contribution is -2.33. The second kappa shape index (κ2) is 5.58. The Kier molecular flexibility index (Phi) is 4.08. The Morgan fingerprint density at radius 3 is 2.61 bits per heavy atom. The van der Waals surface area contributed by atoms with Gasteiger partial charge in [-0.05, 0) is 12.1 Å². The van der Waals surface area contributed by atoms with Crippen LogP contribution in [0.2, 0.25) is 0 Å². The Morgan fingerprint density at radius 1 is 1.33 bits per heavy atom. The first-order valence-electron chi connectivity index (χ1n) is 5.73. The minimum Gasteiger partial charge on any atom is -0.300 e. The van der Waals surface area contributed by atoms with Gasteiger partial charge in [0.2, 0.25) is 0 Å². The number of carbonyl (C=O) groups is 1. The number of halogens is 1. The Morgan fingerprint density at radius 2 is 2.00 bits per heavy atom. The molecule has 1 aromatic carbocycles. The molecule has 0 spiro atoms. The molecular formula is C12H13BrN2O3. The fourth-order valence-electron chi connectivity index (χ4n) is 2.04. The number of hydrogen-bond acceptors (Lipinski definition) is 4. The van der Waals surface area contributed by atoms with Crippen molar-refractivity contribution in [3.05, 3.63) is 38.3 Å². The van der Waals surface area contributed by atoms with E-state index in [1.807, 2.05) is 0 Å². The topological polar surface area (TPSA) is 63.5 Å². The zero-order valence-electron chi connectivity index (χ0n) is 9.76. The summed E-state index contributed by atoms with van der Waals surface area (Å²) >= 11 is 3.23. The minimum atomic E-state index is -0.366. The van der Waals surface area contributed by atoms with Crippen molar-refractivity contribution in [1.29, 1.82) is 0 Å². The Balaban J connectivity index is 2.13. The summed E-state index contributed by atoms with van der Waals surface area (Å²) in [7, 11) is 0. The highest BCUT2D eigenvalue weighted by molar-refractivity contribution is 9.10. The molecular weight excluding hydrogens is 300 g/mol. The van der Waals surface area contributed by atoms with Crippen LogP contribution in [0.1, 0.15) is 18.4 Å². The van der Waals surface area contributed by atoms with Gasteiger partial charge >= 0.3 is 0 Å². The van der Waals surface area contributed by atoms with E-state index in [0.717, 1.165) is 0 Å². The van der Waals surface area contributed by atoms with E-state index in [0.29, 0.717) is 42.5 Å². The number of piperidine rings is 1. The molecule has 0 amide bonds. The molecule has 1 fully saturated rings. The maximum Gasteiger partial charge on any atom is 0.275 e. The molecule has 5 nitrogen and oxygen atoms in total. The summed E-state index contributed by atoms with van der Waals surface area (Å²) in [5.74, 6) is 0.275. The SMILES string of the molecule is O=C1CCN(Cc2ccc(Br)cc2[N+](=O)[O-])CC1. The molecule has 0 bridgehead atoms. The monoisotopic (exact) mass is 312 g/mol. The molecule has 6 heteroatoms. The molecule has 1 saturated heterocycles. The quantitative estimate of drug-likeness (QED) is 0.635. The van der Waals surface area contributed by atoms with Crippen LogP contribution in [0, 0.1) is 10.1 Å². The van der Waals surface area contributed by atoms with Gasteiger partial charge in [-0.2, -0.15) is 0 Å². The molecule has 0 unspecified atom stereocenters. The third kappa shape index (κ3) is 3.14. The van der Waals surface area contributed by atoms with Gasteiger partial charge in [-0.15, -0.1) is 0 Å². The minimum absolute atomic E-state index is 0.126. The molecule has 0 radical (unpaired) electrons. The first kappa shape index (κ1) is 13.2. The van der Waals surface area contributed by atoms with Crippen LogP contribution in [0.25, 0.3) is 0 Å². The van der Waals surface area contributed by atoms with Crippen LogP contribution in [0.3, 0.4) is 0 Å². The van der Waals surface area contributed by atoms with E-state index in [-0.39, 0.29) is 16.4 Å². The van der Waals surface area contributed by atoms with Crippen LogP contribution >= 0.6 is 15.9 Å². The van der Waals surface area contributed by atoms with Crippen LogP contribution in [0.5, 0.6) is 0 Å². The summed E-state index contributed by atoms with van der Waals surface area (Å²) in [6.45, 7) is 1.90. The van der Waals surface area contributed by atoms with Crippen LogP contribution in [-0.2, 0) is 11.3 Å². The smallest absolute Gasteiger partial charge is 0.275 e. The van der Waals surface area contributed by atoms with Gasteiger partial charge in [0.15, 0.2) is 0 Å². The Bertz CT molecular complexity index is 480. The molecule has 0 saturated carbocycles. The summed E-state index contributed by atoms with van der Waals surface area (Å²) in [6, 6.07) is 5.08. The molecule has 96 valence electrons. The highest BCUT2D eigenvalue weighted by atomic mass is 79.9. The van der Waals surface area contributed by atoms with Crippen LogP contribution in [0.4, 0.5) is 5.69 Å². The van der Waals surface area contributed by atoms with Crippen molar-refractivity contribution >= 4 is 27.4 Å². The van der Waals surface area contributed by atoms with Crippen molar-refractivity contribution in [1.82, 2.24) is 4.90 Å². The number of hydrogen-bond donors (Lipinski definition) is 0. The summed E-state index contributed by atoms with van der Waals surface area (Å²) in [4.78, 5) is 23.8. The predicted molar refractivity (Wildman–Crippen MR) is 70.3 cm³/mol. The number of ketones is 1. The maximum atomic E-state index is 11.1. The third-order valence-electron chi connectivity index (χ3n) is 3.05. The summed E-state index contributed by atoms with van der Waals surface area (Å²) in [6.07, 6.45) is 1.09. The number of nitrogens with zero attached hydrogens (tertiary/aromatic N) is 2. The predicted octanol–water partition coefficient (Wildman–Crippen LogP) is 2.52. The molecule has 1 aliphatic heterocycles. The van der Waals surface area contributed by atoms with Crippen molar-refractivity contribution in [3.8, 4) is 0 Å². The molecule has 0 atom stereocenters. The zero-order chi connectivity index (χ0) is 13.1.